The molecule has 0 amide bonds. The first-order chi connectivity index (χ1) is 7.09. The minimum absolute atomic E-state index is 0.0231. The topological polar surface area (TPSA) is 37.3 Å². The Balaban J connectivity index is 2.23. The standard InChI is InChI=1S/C11H10BrFO2/c12-9-4-1-6(5-10(9)13)7-2-3-8(7)11(14)15/h1,4-5,7-8H,2-3H2,(H,14,15)/t7-,8+/m1/s1. The SMILES string of the molecule is O=C(O)[C@H]1CC[C@@H]1c1ccc(Br)c(F)c1. The second-order valence-corrected chi connectivity index (χ2v) is 4.66. The first kappa shape index (κ1) is 10.6. The summed E-state index contributed by atoms with van der Waals surface area (Å²) in [6.45, 7) is 0. The van der Waals surface area contributed by atoms with Gasteiger partial charge >= 0.3 is 5.97 Å². The van der Waals surface area contributed by atoms with Gasteiger partial charge in [-0.1, -0.05) is 6.07 Å². The fourth-order valence-corrected chi connectivity index (χ4v) is 2.18. The quantitative estimate of drug-likeness (QED) is 0.898. The summed E-state index contributed by atoms with van der Waals surface area (Å²) >= 11 is 3.07. The fourth-order valence-electron chi connectivity index (χ4n) is 1.94. The molecule has 0 radical (unpaired) electrons. The number of hydrogen-bond acceptors (Lipinski definition) is 1. The van der Waals surface area contributed by atoms with E-state index < -0.39 is 5.97 Å². The molecule has 2 rings (SSSR count). The van der Waals surface area contributed by atoms with E-state index in [1.807, 2.05) is 0 Å². The van der Waals surface area contributed by atoms with Crippen LogP contribution in [0.25, 0.3) is 0 Å². The fraction of sp³-hybridized carbons (Fsp3) is 0.364. The van der Waals surface area contributed by atoms with Gasteiger partial charge in [0, 0.05) is 0 Å². The van der Waals surface area contributed by atoms with Gasteiger partial charge in [0.2, 0.25) is 0 Å². The molecule has 2 atom stereocenters. The molecule has 0 bridgehead atoms. The molecule has 1 aromatic carbocycles. The highest BCUT2D eigenvalue weighted by atomic mass is 79.9. The Kier molecular flexibility index (Phi) is 2.78. The lowest BCUT2D eigenvalue weighted by Crippen LogP contribution is -2.30. The molecular weight excluding hydrogens is 263 g/mol. The number of rotatable bonds is 2. The van der Waals surface area contributed by atoms with E-state index in [1.165, 1.54) is 6.07 Å². The van der Waals surface area contributed by atoms with Gasteiger partial charge in [-0.2, -0.15) is 0 Å². The van der Waals surface area contributed by atoms with Gasteiger partial charge in [0.05, 0.1) is 10.4 Å². The molecule has 0 saturated heterocycles. The Morgan fingerprint density at radius 2 is 2.20 bits per heavy atom. The van der Waals surface area contributed by atoms with Crippen LogP contribution in [0.5, 0.6) is 0 Å². The molecule has 1 aliphatic carbocycles. The zero-order chi connectivity index (χ0) is 11.0. The number of carboxylic acid groups (broad SMARTS) is 1. The zero-order valence-electron chi connectivity index (χ0n) is 7.91. The Bertz CT molecular complexity index is 406. The van der Waals surface area contributed by atoms with Crippen LogP contribution in [0.1, 0.15) is 24.3 Å². The van der Waals surface area contributed by atoms with Gasteiger partial charge < -0.3 is 5.11 Å². The highest BCUT2D eigenvalue weighted by Crippen LogP contribution is 2.43. The van der Waals surface area contributed by atoms with E-state index in [4.69, 9.17) is 5.11 Å². The van der Waals surface area contributed by atoms with Crippen LogP contribution in [-0.4, -0.2) is 11.1 Å². The molecule has 15 heavy (non-hydrogen) atoms. The monoisotopic (exact) mass is 272 g/mol. The molecule has 4 heteroatoms. The van der Waals surface area contributed by atoms with Crippen molar-refractivity contribution < 1.29 is 14.3 Å². The lowest BCUT2D eigenvalue weighted by Gasteiger charge is -2.33. The first-order valence-corrected chi connectivity index (χ1v) is 5.56. The molecule has 0 aliphatic heterocycles. The number of aliphatic carboxylic acids is 1. The van der Waals surface area contributed by atoms with Crippen LogP contribution in [0.2, 0.25) is 0 Å². The minimum Gasteiger partial charge on any atom is -0.481 e. The lowest BCUT2D eigenvalue weighted by molar-refractivity contribution is -0.145. The predicted octanol–water partition coefficient (Wildman–Crippen LogP) is 3.17. The van der Waals surface area contributed by atoms with Gasteiger partial charge in [-0.15, -0.1) is 0 Å². The highest BCUT2D eigenvalue weighted by Gasteiger charge is 2.37. The maximum atomic E-state index is 13.2. The van der Waals surface area contributed by atoms with Crippen molar-refractivity contribution in [3.8, 4) is 0 Å². The predicted molar refractivity (Wildman–Crippen MR) is 57.2 cm³/mol. The van der Waals surface area contributed by atoms with Crippen molar-refractivity contribution in [2.75, 3.05) is 0 Å². The number of halogens is 2. The van der Waals surface area contributed by atoms with E-state index in [-0.39, 0.29) is 17.7 Å². The first-order valence-electron chi connectivity index (χ1n) is 4.77. The van der Waals surface area contributed by atoms with Crippen molar-refractivity contribution >= 4 is 21.9 Å². The minimum atomic E-state index is -0.783. The summed E-state index contributed by atoms with van der Waals surface area (Å²) < 4.78 is 13.6. The van der Waals surface area contributed by atoms with Gasteiger partial charge in [-0.05, 0) is 52.4 Å². The van der Waals surface area contributed by atoms with Gasteiger partial charge in [-0.25, -0.2) is 4.39 Å². The summed E-state index contributed by atoms with van der Waals surface area (Å²) in [7, 11) is 0. The summed E-state index contributed by atoms with van der Waals surface area (Å²) in [5.41, 5.74) is 0.786. The van der Waals surface area contributed by atoms with Crippen LogP contribution in [0.3, 0.4) is 0 Å². The van der Waals surface area contributed by atoms with Crippen molar-refractivity contribution in [2.24, 2.45) is 5.92 Å². The highest BCUT2D eigenvalue weighted by molar-refractivity contribution is 9.10. The van der Waals surface area contributed by atoms with Crippen LogP contribution < -0.4 is 0 Å². The third-order valence-electron chi connectivity index (χ3n) is 2.96. The summed E-state index contributed by atoms with van der Waals surface area (Å²) in [5, 5.41) is 8.89. The van der Waals surface area contributed by atoms with Crippen molar-refractivity contribution in [3.05, 3.63) is 34.1 Å². The van der Waals surface area contributed by atoms with E-state index in [9.17, 15) is 9.18 Å². The second kappa shape index (κ2) is 3.93. The number of carbonyl (C=O) groups is 1. The third kappa shape index (κ3) is 1.91. The Morgan fingerprint density at radius 1 is 1.47 bits per heavy atom. The van der Waals surface area contributed by atoms with E-state index in [2.05, 4.69) is 15.9 Å². The number of carboxylic acids is 1. The molecule has 1 aliphatic rings. The molecule has 0 aromatic heterocycles. The van der Waals surface area contributed by atoms with Gasteiger partial charge in [0.25, 0.3) is 0 Å². The Morgan fingerprint density at radius 3 is 2.67 bits per heavy atom. The van der Waals surface area contributed by atoms with Crippen molar-refractivity contribution in [1.82, 2.24) is 0 Å². The Hall–Kier alpha value is -0.900. The zero-order valence-corrected chi connectivity index (χ0v) is 9.50. The largest absolute Gasteiger partial charge is 0.481 e. The molecule has 1 aromatic rings. The molecular formula is C11H10BrFO2. The van der Waals surface area contributed by atoms with E-state index in [0.29, 0.717) is 10.9 Å². The molecule has 0 spiro atoms. The van der Waals surface area contributed by atoms with Crippen LogP contribution in [0.4, 0.5) is 4.39 Å². The summed E-state index contributed by atoms with van der Waals surface area (Å²) in [4.78, 5) is 10.8. The average molecular weight is 273 g/mol. The van der Waals surface area contributed by atoms with Gasteiger partial charge in [-0.3, -0.25) is 4.79 Å². The summed E-state index contributed by atoms with van der Waals surface area (Å²) in [6, 6.07) is 4.83. The Labute approximate surface area is 95.2 Å². The molecule has 0 unspecified atom stereocenters. The smallest absolute Gasteiger partial charge is 0.307 e. The average Bonchev–Trinajstić information content (AvgIpc) is 2.08. The van der Waals surface area contributed by atoms with Crippen molar-refractivity contribution in [1.29, 1.82) is 0 Å². The maximum absolute atomic E-state index is 13.2. The van der Waals surface area contributed by atoms with Crippen molar-refractivity contribution in [3.63, 3.8) is 0 Å². The second-order valence-electron chi connectivity index (χ2n) is 3.80. The molecule has 1 saturated carbocycles. The van der Waals surface area contributed by atoms with Crippen LogP contribution in [0.15, 0.2) is 22.7 Å². The molecule has 0 heterocycles. The van der Waals surface area contributed by atoms with Crippen molar-refractivity contribution in [2.45, 2.75) is 18.8 Å². The normalized spacial score (nSPS) is 24.7. The van der Waals surface area contributed by atoms with E-state index >= 15 is 0 Å². The van der Waals surface area contributed by atoms with Gasteiger partial charge in [0.15, 0.2) is 0 Å². The van der Waals surface area contributed by atoms with E-state index in [1.54, 1.807) is 12.1 Å². The summed E-state index contributed by atoms with van der Waals surface area (Å²) in [5.74, 6) is -1.48. The lowest BCUT2D eigenvalue weighted by atomic mass is 9.70. The summed E-state index contributed by atoms with van der Waals surface area (Å²) in [6.07, 6.45) is 1.52. The molecule has 1 fully saturated rings. The van der Waals surface area contributed by atoms with Crippen LogP contribution in [-0.2, 0) is 4.79 Å². The number of hydrogen-bond donors (Lipinski definition) is 1. The van der Waals surface area contributed by atoms with Crippen LogP contribution in [0, 0.1) is 11.7 Å². The van der Waals surface area contributed by atoms with E-state index in [0.717, 1.165) is 12.0 Å². The number of benzene rings is 1. The van der Waals surface area contributed by atoms with Crippen LogP contribution >= 0.6 is 15.9 Å². The maximum Gasteiger partial charge on any atom is 0.307 e. The molecule has 1 N–H and O–H groups in total. The third-order valence-corrected chi connectivity index (χ3v) is 3.61. The van der Waals surface area contributed by atoms with Gasteiger partial charge in [0.1, 0.15) is 5.82 Å². The molecule has 80 valence electrons. The molecule has 2 nitrogen and oxygen atoms in total.